The second-order valence-electron chi connectivity index (χ2n) is 23.0. The predicted molar refractivity (Wildman–Crippen MR) is 408 cm³/mol. The monoisotopic (exact) mass is 1420 g/mol. The van der Waals surface area contributed by atoms with Crippen LogP contribution >= 0.6 is 46.0 Å². The van der Waals surface area contributed by atoms with Gasteiger partial charge in [-0.1, -0.05) is 200 Å². The molecule has 12 heteroatoms. The molecule has 0 amide bonds. The van der Waals surface area contributed by atoms with Crippen LogP contribution in [0.25, 0.3) is 0 Å². The summed E-state index contributed by atoms with van der Waals surface area (Å²) < 4.78 is 5.92. The average Bonchev–Trinajstić information content (AvgIpc) is 0.771. The van der Waals surface area contributed by atoms with Crippen LogP contribution in [0.2, 0.25) is 0 Å². The lowest BCUT2D eigenvalue weighted by Crippen LogP contribution is -3.00. The topological polar surface area (TPSA) is 80.6 Å². The third-order valence-electron chi connectivity index (χ3n) is 16.7. The molecular formula is C85H78Cl4N3OP3S. The van der Waals surface area contributed by atoms with Crippen LogP contribution < -0.4 is 89.7 Å². The molecule has 488 valence electrons. The molecule has 12 rings (SSSR count). The van der Waals surface area contributed by atoms with Crippen molar-refractivity contribution in [2.24, 2.45) is 11.8 Å². The number of benzene rings is 12. The van der Waals surface area contributed by atoms with Crippen LogP contribution in [0.1, 0.15) is 36.1 Å². The van der Waals surface area contributed by atoms with Crippen LogP contribution in [-0.2, 0) is 18.7 Å². The van der Waals surface area contributed by atoms with E-state index in [9.17, 15) is 0 Å². The van der Waals surface area contributed by atoms with Crippen LogP contribution in [0.5, 0.6) is 5.75 Å². The summed E-state index contributed by atoms with van der Waals surface area (Å²) in [4.78, 5) is 1.23. The van der Waals surface area contributed by atoms with E-state index < -0.39 is 21.8 Å². The van der Waals surface area contributed by atoms with Crippen molar-refractivity contribution in [3.05, 3.63) is 368 Å². The van der Waals surface area contributed by atoms with Gasteiger partial charge in [0, 0.05) is 17.1 Å². The third kappa shape index (κ3) is 20.0. The highest BCUT2D eigenvalue weighted by molar-refractivity contribution is 7.99. The number of hydrogen-bond acceptors (Lipinski definition) is 5. The fourth-order valence-electron chi connectivity index (χ4n) is 12.0. The molecule has 0 aliphatic carbocycles. The molecule has 0 radical (unpaired) electrons. The normalized spacial score (nSPS) is 11.2. The Bertz CT molecular complexity index is 3870. The maximum absolute atomic E-state index is 9.14. The lowest BCUT2D eigenvalue weighted by atomic mass is 10.1. The SMILES string of the molecule is CC(C#N)COc1cccc(C[P+](c2ccccc2)(c2ccccc2)c2ccccc2)c1.CC(C#N)CSc1cccc(C[P+](c2ccccc2)(c2ccccc2)c2ccccc2)c1.Cl.N#Cc1ccc(CC[P+](c2ccccc2)(c2ccccc2)c2ccccc2)cc1.[Cl-].[Cl-].[Cl-]. The van der Waals surface area contributed by atoms with Gasteiger partial charge < -0.3 is 42.0 Å². The zero-order valence-electron chi connectivity index (χ0n) is 54.3. The van der Waals surface area contributed by atoms with Crippen LogP contribution in [0, 0.1) is 45.8 Å². The molecular weight excluding hydrogens is 1350 g/mol. The minimum Gasteiger partial charge on any atom is -1.00 e. The second kappa shape index (κ2) is 39.8. The maximum Gasteiger partial charge on any atom is 0.119 e. The fraction of sp³-hybridized carbons (Fsp3) is 0.118. The molecule has 0 aliphatic heterocycles. The molecule has 2 atom stereocenters. The Morgan fingerprint density at radius 1 is 0.340 bits per heavy atom. The first kappa shape index (κ1) is 77.7. The van der Waals surface area contributed by atoms with E-state index in [1.54, 1.807) is 11.8 Å². The standard InChI is InChI=1S/C29H27NOP.C29H27NPS.C27H23NP.4ClH/c1-24(21-30)22-31-26-13-11-12-25(20-26)23-32(27-14-5-2-6-15-27,28-16-7-3-8-17-28)29-18-9-4-10-19-29;1-24(21-30)23-32-29-19-11-12-25(20-29)22-31(26-13-5-2-6-14-26,27-15-7-3-8-16-27)28-17-9-4-10-18-28;28-22-24-18-16-23(17-19-24)20-21-29(25-10-4-1-5-11-25,26-12-6-2-7-13-26)27-14-8-3-9-15-27;;;;/h2*2-20,24H,22-23H2,1H3;1-19H,20-21H2;4*1H/q3*+1;;;;/p-3. The Morgan fingerprint density at radius 2 is 0.649 bits per heavy atom. The minimum atomic E-state index is -1.95. The van der Waals surface area contributed by atoms with Gasteiger partial charge in [-0.3, -0.25) is 0 Å². The quantitative estimate of drug-likeness (QED) is 0.0502. The molecule has 0 aromatic heterocycles. The van der Waals surface area contributed by atoms with E-state index in [-0.39, 0.29) is 61.5 Å². The summed E-state index contributed by atoms with van der Waals surface area (Å²) in [5.41, 5.74) is 4.56. The smallest absolute Gasteiger partial charge is 0.119 e. The molecule has 12 aromatic rings. The number of thioether (sulfide) groups is 1. The molecule has 0 saturated carbocycles. The Kier molecular flexibility index (Phi) is 31.9. The van der Waals surface area contributed by atoms with E-state index in [4.69, 9.17) is 20.5 Å². The molecule has 0 aliphatic rings. The van der Waals surface area contributed by atoms with Crippen LogP contribution in [0.15, 0.2) is 351 Å². The predicted octanol–water partition coefficient (Wildman–Crippen LogP) is 8.68. The van der Waals surface area contributed by atoms with Gasteiger partial charge in [-0.25, -0.2) is 0 Å². The number of nitriles is 3. The summed E-state index contributed by atoms with van der Waals surface area (Å²) in [6.07, 6.45) is 3.89. The van der Waals surface area contributed by atoms with Gasteiger partial charge in [0.25, 0.3) is 0 Å². The zero-order chi connectivity index (χ0) is 64.4. The Labute approximate surface area is 606 Å². The van der Waals surface area contributed by atoms with Gasteiger partial charge in [-0.05, 0) is 176 Å². The van der Waals surface area contributed by atoms with E-state index in [1.807, 2.05) is 32.0 Å². The largest absolute Gasteiger partial charge is 1.00 e. The Hall–Kier alpha value is -8.29. The number of halogens is 4. The number of rotatable bonds is 22. The van der Waals surface area contributed by atoms with Crippen LogP contribution in [0.3, 0.4) is 0 Å². The van der Waals surface area contributed by atoms with E-state index in [1.165, 1.54) is 69.3 Å². The highest BCUT2D eigenvalue weighted by Crippen LogP contribution is 2.60. The maximum atomic E-state index is 9.14. The fourth-order valence-corrected chi connectivity index (χ4v) is 25.7. The van der Waals surface area contributed by atoms with E-state index in [0.717, 1.165) is 36.4 Å². The van der Waals surface area contributed by atoms with Gasteiger partial charge in [-0.15, -0.1) is 24.2 Å². The number of nitrogens with zero attached hydrogens (tertiary/aromatic N) is 3. The molecule has 0 spiro atoms. The average molecular weight is 1420 g/mol. The van der Waals surface area contributed by atoms with Crippen molar-refractivity contribution < 1.29 is 42.0 Å². The Morgan fingerprint density at radius 3 is 0.969 bits per heavy atom. The van der Waals surface area contributed by atoms with Gasteiger partial charge in [0.2, 0.25) is 0 Å². The van der Waals surface area contributed by atoms with Gasteiger partial charge in [-0.2, -0.15) is 15.8 Å². The van der Waals surface area contributed by atoms with Gasteiger partial charge >= 0.3 is 0 Å². The van der Waals surface area contributed by atoms with Crippen molar-refractivity contribution in [3.63, 3.8) is 0 Å². The molecule has 0 bridgehead atoms. The minimum absolute atomic E-state index is 0. The van der Waals surface area contributed by atoms with Gasteiger partial charge in [0.05, 0.1) is 54.1 Å². The molecule has 0 N–H and O–H groups in total. The summed E-state index contributed by atoms with van der Waals surface area (Å²) in [6, 6.07) is 131. The van der Waals surface area contributed by atoms with E-state index >= 15 is 0 Å². The highest BCUT2D eigenvalue weighted by atomic mass is 35.5. The molecule has 0 fully saturated rings. The first-order valence-electron chi connectivity index (χ1n) is 31.6. The van der Waals surface area contributed by atoms with Crippen molar-refractivity contribution in [3.8, 4) is 24.0 Å². The van der Waals surface area contributed by atoms with Crippen molar-refractivity contribution in [1.29, 1.82) is 15.8 Å². The summed E-state index contributed by atoms with van der Waals surface area (Å²) in [7, 11) is -5.65. The van der Waals surface area contributed by atoms with Gasteiger partial charge in [0.15, 0.2) is 0 Å². The summed E-state index contributed by atoms with van der Waals surface area (Å²) >= 11 is 1.77. The molecule has 12 aromatic carbocycles. The first-order valence-corrected chi connectivity index (χ1v) is 38.5. The third-order valence-corrected chi connectivity index (χ3v) is 31.1. The molecule has 0 heterocycles. The van der Waals surface area contributed by atoms with Crippen molar-refractivity contribution in [1.82, 2.24) is 0 Å². The highest BCUT2D eigenvalue weighted by Gasteiger charge is 2.48. The van der Waals surface area contributed by atoms with E-state index in [2.05, 4.69) is 346 Å². The summed E-state index contributed by atoms with van der Waals surface area (Å²) in [5, 5.41) is 39.8. The van der Waals surface area contributed by atoms with E-state index in [0.29, 0.717) is 12.2 Å². The second-order valence-corrected chi connectivity index (χ2v) is 34.7. The lowest BCUT2D eigenvalue weighted by molar-refractivity contribution is -0.00100. The van der Waals surface area contributed by atoms with Crippen LogP contribution in [0.4, 0.5) is 0 Å². The Balaban J connectivity index is 0.000000225. The van der Waals surface area contributed by atoms with Gasteiger partial charge in [0.1, 0.15) is 81.9 Å². The van der Waals surface area contributed by atoms with Crippen molar-refractivity contribution in [2.45, 2.75) is 37.5 Å². The zero-order valence-corrected chi connectivity index (χ0v) is 60.9. The summed E-state index contributed by atoms with van der Waals surface area (Å²) in [5.74, 6) is 1.55. The first-order chi connectivity index (χ1) is 45.8. The van der Waals surface area contributed by atoms with Crippen molar-refractivity contribution >= 4 is 93.7 Å². The number of hydrogen-bond donors (Lipinski definition) is 0. The molecule has 4 nitrogen and oxygen atoms in total. The van der Waals surface area contributed by atoms with Crippen LogP contribution in [-0.4, -0.2) is 18.5 Å². The molecule has 97 heavy (non-hydrogen) atoms. The number of ether oxygens (including phenoxy) is 1. The van der Waals surface area contributed by atoms with Crippen molar-refractivity contribution in [2.75, 3.05) is 18.5 Å². The molecule has 0 saturated heterocycles. The summed E-state index contributed by atoms with van der Waals surface area (Å²) in [6.45, 7) is 4.25. The number of aryl methyl sites for hydroxylation is 1. The lowest BCUT2D eigenvalue weighted by Gasteiger charge is -2.28. The molecule has 2 unspecified atom stereocenters.